The van der Waals surface area contributed by atoms with Gasteiger partial charge in [-0.25, -0.2) is 34.9 Å². The predicted molar refractivity (Wildman–Crippen MR) is 198 cm³/mol. The fourth-order valence-corrected chi connectivity index (χ4v) is 8.14. The summed E-state index contributed by atoms with van der Waals surface area (Å²) in [5.41, 5.74) is 14.6. The summed E-state index contributed by atoms with van der Waals surface area (Å²) in [4.78, 5) is 31.0. The molecule has 2 aromatic carbocycles. The molecule has 0 atom stereocenters. The SMILES string of the molecule is Cc1cc(Cl)cc(Sc2nc3c(N)ncnc3n2CCC(F)(F)F)c1.Nc1ncnc2c1nc(Sc1cc(Cl)cc(Cl)c1)n2CCCn1ccnc1. The first-order valence-corrected chi connectivity index (χ1v) is 18.1. The Balaban J connectivity index is 0.000000179. The van der Waals surface area contributed by atoms with E-state index < -0.39 is 12.6 Å². The van der Waals surface area contributed by atoms with Gasteiger partial charge in [-0.2, -0.15) is 13.2 Å². The summed E-state index contributed by atoms with van der Waals surface area (Å²) in [5.74, 6) is 0.485. The summed E-state index contributed by atoms with van der Waals surface area (Å²) in [6, 6.07) is 10.8. The highest BCUT2D eigenvalue weighted by Gasteiger charge is 2.28. The Morgan fingerprint density at radius 2 is 1.25 bits per heavy atom. The Bertz CT molecular complexity index is 2290. The lowest BCUT2D eigenvalue weighted by molar-refractivity contribution is -0.136. The maximum Gasteiger partial charge on any atom is 0.390 e. The molecule has 0 spiro atoms. The molecule has 12 nitrogen and oxygen atoms in total. The number of nitrogen functional groups attached to an aromatic ring is 2. The number of imidazole rings is 3. The molecular weight excluding hydrogens is 780 g/mol. The smallest absolute Gasteiger partial charge is 0.382 e. The Labute approximate surface area is 318 Å². The van der Waals surface area contributed by atoms with Gasteiger partial charge in [0.05, 0.1) is 12.7 Å². The molecule has 0 radical (unpaired) electrons. The number of alkyl halides is 3. The Morgan fingerprint density at radius 3 is 1.77 bits per heavy atom. The predicted octanol–water partition coefficient (Wildman–Crippen LogP) is 8.63. The van der Waals surface area contributed by atoms with Crippen LogP contribution in [0.1, 0.15) is 18.4 Å². The van der Waals surface area contributed by atoms with E-state index in [-0.39, 0.29) is 23.5 Å². The lowest BCUT2D eigenvalue weighted by Gasteiger charge is -2.10. The highest BCUT2D eigenvalue weighted by molar-refractivity contribution is 7.99. The van der Waals surface area contributed by atoms with Gasteiger partial charge in [-0.1, -0.05) is 58.3 Å². The minimum Gasteiger partial charge on any atom is -0.382 e. The van der Waals surface area contributed by atoms with Gasteiger partial charge in [0.15, 0.2) is 44.3 Å². The van der Waals surface area contributed by atoms with Crippen molar-refractivity contribution >= 4 is 92.3 Å². The maximum atomic E-state index is 12.7. The van der Waals surface area contributed by atoms with E-state index in [0.717, 1.165) is 40.0 Å². The molecule has 5 heterocycles. The molecule has 7 aromatic rings. The number of nitrogens with zero attached hydrogens (tertiary/aromatic N) is 10. The second kappa shape index (κ2) is 16.2. The van der Waals surface area contributed by atoms with Crippen molar-refractivity contribution in [3.8, 4) is 0 Å². The van der Waals surface area contributed by atoms with Crippen molar-refractivity contribution in [1.82, 2.24) is 48.6 Å². The number of fused-ring (bicyclic) bond motifs is 2. The zero-order valence-corrected chi connectivity index (χ0v) is 31.0. The third kappa shape index (κ3) is 9.38. The second-order valence-corrected chi connectivity index (χ2v) is 14.6. The Hall–Kier alpha value is -4.29. The molecule has 0 saturated carbocycles. The van der Waals surface area contributed by atoms with Crippen LogP contribution in [0.2, 0.25) is 15.1 Å². The normalized spacial score (nSPS) is 11.7. The number of benzene rings is 2. The van der Waals surface area contributed by atoms with E-state index in [1.165, 1.54) is 40.7 Å². The molecule has 0 saturated heterocycles. The molecule has 0 aliphatic heterocycles. The highest BCUT2D eigenvalue weighted by atomic mass is 35.5. The second-order valence-electron chi connectivity index (χ2n) is 11.2. The molecule has 5 aromatic heterocycles. The summed E-state index contributed by atoms with van der Waals surface area (Å²) in [5, 5.41) is 2.81. The first-order valence-electron chi connectivity index (χ1n) is 15.4. The molecule has 0 aliphatic carbocycles. The van der Waals surface area contributed by atoms with Crippen molar-refractivity contribution in [2.75, 3.05) is 11.5 Å². The molecule has 4 N–H and O–H groups in total. The van der Waals surface area contributed by atoms with Crippen LogP contribution in [0.4, 0.5) is 24.8 Å². The quantitative estimate of drug-likeness (QED) is 0.136. The molecule has 52 heavy (non-hydrogen) atoms. The van der Waals surface area contributed by atoms with Crippen LogP contribution in [0.25, 0.3) is 22.3 Å². The molecule has 0 aliphatic rings. The standard InChI is InChI=1S/C17H15Cl2N7S.C15H13ClF3N5S/c18-11-6-12(19)8-13(7-11)27-17-24-14-15(20)22-9-23-16(14)26(17)4-1-3-25-5-2-21-10-25;1-8-4-9(16)6-10(5-8)25-14-23-11-12(20)21-7-22-13(11)24(14)3-2-15(17,18)19/h2,5-10H,1,3-4H2,(H2,20,22,23);4-7H,2-3H2,1H3,(H2,20,21,22). The van der Waals surface area contributed by atoms with E-state index in [1.807, 2.05) is 40.5 Å². The van der Waals surface area contributed by atoms with E-state index in [0.29, 0.717) is 37.2 Å². The number of nitrogens with two attached hydrogens (primary N) is 2. The maximum absolute atomic E-state index is 12.7. The van der Waals surface area contributed by atoms with E-state index in [1.54, 1.807) is 30.7 Å². The van der Waals surface area contributed by atoms with Gasteiger partial charge in [0.2, 0.25) is 0 Å². The highest BCUT2D eigenvalue weighted by Crippen LogP contribution is 2.35. The number of rotatable bonds is 10. The topological polar surface area (TPSA) is 157 Å². The molecule has 0 unspecified atom stereocenters. The van der Waals surface area contributed by atoms with Gasteiger partial charge >= 0.3 is 6.18 Å². The molecule has 0 bridgehead atoms. The van der Waals surface area contributed by atoms with Crippen LogP contribution < -0.4 is 11.5 Å². The number of aromatic nitrogens is 10. The van der Waals surface area contributed by atoms with Crippen LogP contribution in [0.15, 0.2) is 87.9 Å². The van der Waals surface area contributed by atoms with Crippen LogP contribution in [-0.2, 0) is 19.6 Å². The molecule has 20 heteroatoms. The number of hydrogen-bond acceptors (Lipinski definition) is 11. The van der Waals surface area contributed by atoms with Gasteiger partial charge in [0.1, 0.15) is 12.7 Å². The van der Waals surface area contributed by atoms with Gasteiger partial charge in [0.25, 0.3) is 0 Å². The van der Waals surface area contributed by atoms with Gasteiger partial charge in [0, 0.05) is 56.9 Å². The Kier molecular flexibility index (Phi) is 11.6. The first kappa shape index (κ1) is 37.5. The van der Waals surface area contributed by atoms with Crippen molar-refractivity contribution in [2.45, 2.75) is 65.7 Å². The van der Waals surface area contributed by atoms with Crippen LogP contribution in [0, 0.1) is 6.92 Å². The number of hydrogen-bond donors (Lipinski definition) is 2. The number of halogens is 6. The zero-order valence-electron chi connectivity index (χ0n) is 27.1. The number of aryl methyl sites for hydroxylation is 4. The molecule has 0 fully saturated rings. The van der Waals surface area contributed by atoms with Crippen LogP contribution in [0.3, 0.4) is 0 Å². The summed E-state index contributed by atoms with van der Waals surface area (Å²) in [6.45, 7) is 3.14. The molecule has 7 rings (SSSR count). The van der Waals surface area contributed by atoms with Gasteiger partial charge in [-0.05, 0) is 55.3 Å². The monoisotopic (exact) mass is 806 g/mol. The fraction of sp³-hybridized carbons (Fsp3) is 0.219. The van der Waals surface area contributed by atoms with Gasteiger partial charge in [-0.3, -0.25) is 0 Å². The average Bonchev–Trinajstić information content (AvgIpc) is 3.79. The van der Waals surface area contributed by atoms with Crippen LogP contribution in [0.5, 0.6) is 0 Å². The minimum absolute atomic E-state index is 0.125. The largest absolute Gasteiger partial charge is 0.390 e. The van der Waals surface area contributed by atoms with Crippen LogP contribution >= 0.6 is 58.3 Å². The van der Waals surface area contributed by atoms with E-state index in [2.05, 4.69) is 34.9 Å². The van der Waals surface area contributed by atoms with Gasteiger partial charge < -0.3 is 25.2 Å². The zero-order chi connectivity index (χ0) is 37.0. The minimum atomic E-state index is -4.29. The van der Waals surface area contributed by atoms with Crippen molar-refractivity contribution < 1.29 is 13.2 Å². The molecular formula is C32H28Cl3F3N12S2. The van der Waals surface area contributed by atoms with E-state index in [9.17, 15) is 13.2 Å². The lowest BCUT2D eigenvalue weighted by Crippen LogP contribution is -2.13. The first-order chi connectivity index (χ1) is 24.8. The van der Waals surface area contributed by atoms with Crippen molar-refractivity contribution in [3.05, 3.63) is 88.4 Å². The summed E-state index contributed by atoms with van der Waals surface area (Å²) >= 11 is 21.0. The third-order valence-electron chi connectivity index (χ3n) is 7.30. The van der Waals surface area contributed by atoms with Crippen molar-refractivity contribution in [3.63, 3.8) is 0 Å². The summed E-state index contributed by atoms with van der Waals surface area (Å²) in [6.07, 6.45) is 3.78. The lowest BCUT2D eigenvalue weighted by atomic mass is 10.2. The fourth-order valence-electron chi connectivity index (χ4n) is 5.06. The van der Waals surface area contributed by atoms with Crippen LogP contribution in [-0.4, -0.2) is 54.8 Å². The van der Waals surface area contributed by atoms with E-state index in [4.69, 9.17) is 46.3 Å². The number of anilines is 2. The molecule has 0 amide bonds. The summed E-state index contributed by atoms with van der Waals surface area (Å²) < 4.78 is 43.5. The summed E-state index contributed by atoms with van der Waals surface area (Å²) in [7, 11) is 0. The Morgan fingerprint density at radius 1 is 0.712 bits per heavy atom. The molecule has 270 valence electrons. The van der Waals surface area contributed by atoms with Crippen molar-refractivity contribution in [2.24, 2.45) is 0 Å². The third-order valence-corrected chi connectivity index (χ3v) is 9.88. The van der Waals surface area contributed by atoms with E-state index >= 15 is 0 Å². The van der Waals surface area contributed by atoms with Gasteiger partial charge in [-0.15, -0.1) is 0 Å². The van der Waals surface area contributed by atoms with Crippen molar-refractivity contribution in [1.29, 1.82) is 0 Å². The average molecular weight is 808 g/mol.